The summed E-state index contributed by atoms with van der Waals surface area (Å²) in [6, 6.07) is 1.17. The lowest BCUT2D eigenvalue weighted by Crippen LogP contribution is -2.46. The number of fused-ring (bicyclic) bond motifs is 1. The molecule has 0 saturated carbocycles. The highest BCUT2D eigenvalue weighted by Gasteiger charge is 2.28. The lowest BCUT2D eigenvalue weighted by Gasteiger charge is -2.33. The number of nitrogens with zero attached hydrogens (tertiary/aromatic N) is 6. The van der Waals surface area contributed by atoms with E-state index in [1.54, 1.807) is 6.33 Å². The van der Waals surface area contributed by atoms with Crippen molar-refractivity contribution in [2.24, 2.45) is 0 Å². The van der Waals surface area contributed by atoms with Crippen LogP contribution in [-0.4, -0.2) is 91.3 Å². The summed E-state index contributed by atoms with van der Waals surface area (Å²) in [4.78, 5) is 31.0. The largest absolute Gasteiger partial charge is 0.444 e. The van der Waals surface area contributed by atoms with Gasteiger partial charge in [0.25, 0.3) is 0 Å². The summed E-state index contributed by atoms with van der Waals surface area (Å²) in [5.74, 6) is 1.69. The van der Waals surface area contributed by atoms with E-state index in [1.165, 1.54) is 0 Å². The van der Waals surface area contributed by atoms with Crippen molar-refractivity contribution in [3.8, 4) is 0 Å². The molecular weight excluding hydrogens is 490 g/mol. The highest BCUT2D eigenvalue weighted by atomic mass is 28.3. The molecule has 0 spiro atoms. The number of aromatic nitrogens is 4. The molecule has 0 bridgehead atoms. The second-order valence-corrected chi connectivity index (χ2v) is 17.7. The molecule has 2 saturated heterocycles. The first-order valence-electron chi connectivity index (χ1n) is 13.4. The van der Waals surface area contributed by atoms with E-state index in [0.717, 1.165) is 74.6 Å². The van der Waals surface area contributed by atoms with E-state index in [1.807, 2.05) is 20.8 Å². The van der Waals surface area contributed by atoms with Crippen molar-refractivity contribution >= 4 is 37.1 Å². The van der Waals surface area contributed by atoms with Crippen LogP contribution in [-0.2, 0) is 20.9 Å². The van der Waals surface area contributed by atoms with E-state index >= 15 is 0 Å². The average molecular weight is 534 g/mol. The first-order valence-corrected chi connectivity index (χ1v) is 17.1. The normalized spacial score (nSPS) is 17.9. The number of hydrogen-bond donors (Lipinski definition) is 1. The standard InChI is InChI=1S/C25H43N7O4Si/c1-25(2,3)36-24(33)28-19-7-9-31(10-8-19)23-29-20-21(30-11-13-34-14-12-30)26-17-27-22(20)32(23)18-35-15-16-37(4,5)6/h17,19H,7-16,18H2,1-6H3,(H,28,33). The second-order valence-electron chi connectivity index (χ2n) is 12.1. The molecule has 206 valence electrons. The van der Waals surface area contributed by atoms with Gasteiger partial charge in [0.15, 0.2) is 17.0 Å². The number of amides is 1. The molecule has 2 aliphatic rings. The summed E-state index contributed by atoms with van der Waals surface area (Å²) in [6.07, 6.45) is 2.87. The summed E-state index contributed by atoms with van der Waals surface area (Å²) in [6.45, 7) is 18.2. The Balaban J connectivity index is 1.52. The van der Waals surface area contributed by atoms with Gasteiger partial charge in [0.2, 0.25) is 5.95 Å². The summed E-state index contributed by atoms with van der Waals surface area (Å²) < 4.78 is 19.2. The SMILES string of the molecule is CC(C)(C)OC(=O)NC1CCN(c2nc3c(N4CCOCC4)ncnc3n2COCC[Si](C)(C)C)CC1. The average Bonchev–Trinajstić information content (AvgIpc) is 3.19. The number of carbonyl (C=O) groups excluding carboxylic acids is 1. The molecule has 11 nitrogen and oxygen atoms in total. The third-order valence-corrected chi connectivity index (χ3v) is 8.22. The Bertz CT molecular complexity index is 1050. The number of rotatable bonds is 8. The highest BCUT2D eigenvalue weighted by Crippen LogP contribution is 2.29. The number of carbonyl (C=O) groups is 1. The molecule has 0 radical (unpaired) electrons. The van der Waals surface area contributed by atoms with Gasteiger partial charge in [-0.15, -0.1) is 0 Å². The molecule has 0 aromatic carbocycles. The third-order valence-electron chi connectivity index (χ3n) is 6.52. The molecule has 4 rings (SSSR count). The first-order chi connectivity index (χ1) is 17.5. The van der Waals surface area contributed by atoms with Gasteiger partial charge in [-0.3, -0.25) is 4.57 Å². The van der Waals surface area contributed by atoms with Gasteiger partial charge < -0.3 is 29.3 Å². The molecule has 2 fully saturated rings. The van der Waals surface area contributed by atoms with E-state index in [2.05, 4.69) is 49.3 Å². The Morgan fingerprint density at radius 1 is 1.11 bits per heavy atom. The monoisotopic (exact) mass is 533 g/mol. The fraction of sp³-hybridized carbons (Fsp3) is 0.760. The molecule has 1 N–H and O–H groups in total. The molecule has 4 heterocycles. The van der Waals surface area contributed by atoms with Crippen LogP contribution in [0.4, 0.5) is 16.6 Å². The maximum Gasteiger partial charge on any atom is 0.407 e. The zero-order valence-electron chi connectivity index (χ0n) is 23.2. The van der Waals surface area contributed by atoms with Crippen LogP contribution in [0, 0.1) is 0 Å². The van der Waals surface area contributed by atoms with Crippen LogP contribution in [0.2, 0.25) is 25.7 Å². The number of hydrogen-bond acceptors (Lipinski definition) is 9. The fourth-order valence-corrected chi connectivity index (χ4v) is 5.27. The number of nitrogens with one attached hydrogen (secondary N) is 1. The summed E-state index contributed by atoms with van der Waals surface area (Å²) in [5, 5.41) is 3.02. The molecule has 12 heteroatoms. The molecule has 1 amide bonds. The highest BCUT2D eigenvalue weighted by molar-refractivity contribution is 6.76. The molecule has 2 aromatic heterocycles. The number of anilines is 2. The second kappa shape index (κ2) is 11.5. The number of piperidine rings is 1. The Morgan fingerprint density at radius 2 is 1.81 bits per heavy atom. The topological polar surface area (TPSA) is 107 Å². The van der Waals surface area contributed by atoms with Crippen LogP contribution in [0.3, 0.4) is 0 Å². The van der Waals surface area contributed by atoms with Crippen LogP contribution in [0.5, 0.6) is 0 Å². The Labute approximate surface area is 220 Å². The van der Waals surface area contributed by atoms with Gasteiger partial charge in [-0.25, -0.2) is 19.7 Å². The predicted molar refractivity (Wildman–Crippen MR) is 147 cm³/mol. The smallest absolute Gasteiger partial charge is 0.407 e. The Kier molecular flexibility index (Phi) is 8.59. The Hall–Kier alpha value is -2.44. The zero-order valence-corrected chi connectivity index (χ0v) is 24.2. The van der Waals surface area contributed by atoms with Crippen molar-refractivity contribution < 1.29 is 19.0 Å². The predicted octanol–water partition coefficient (Wildman–Crippen LogP) is 3.47. The molecule has 0 aliphatic carbocycles. The van der Waals surface area contributed by atoms with Gasteiger partial charge in [-0.2, -0.15) is 0 Å². The molecule has 37 heavy (non-hydrogen) atoms. The van der Waals surface area contributed by atoms with Crippen LogP contribution in [0.25, 0.3) is 11.2 Å². The van der Waals surface area contributed by atoms with Crippen molar-refractivity contribution in [3.63, 3.8) is 0 Å². The molecular formula is C25H43N7O4Si. The van der Waals surface area contributed by atoms with E-state index in [9.17, 15) is 4.79 Å². The van der Waals surface area contributed by atoms with E-state index in [-0.39, 0.29) is 12.1 Å². The first kappa shape index (κ1) is 27.6. The lowest BCUT2D eigenvalue weighted by atomic mass is 10.1. The minimum atomic E-state index is -1.20. The molecule has 0 atom stereocenters. The Morgan fingerprint density at radius 3 is 2.46 bits per heavy atom. The van der Waals surface area contributed by atoms with E-state index in [0.29, 0.717) is 19.9 Å². The van der Waals surface area contributed by atoms with Gasteiger partial charge in [-0.05, 0) is 39.7 Å². The van der Waals surface area contributed by atoms with E-state index < -0.39 is 13.7 Å². The van der Waals surface area contributed by atoms with Gasteiger partial charge in [0.1, 0.15) is 18.7 Å². The minimum absolute atomic E-state index is 0.0700. The van der Waals surface area contributed by atoms with Crippen LogP contribution < -0.4 is 15.1 Å². The van der Waals surface area contributed by atoms with Gasteiger partial charge in [0, 0.05) is 46.9 Å². The van der Waals surface area contributed by atoms with Crippen molar-refractivity contribution in [1.29, 1.82) is 0 Å². The quantitative estimate of drug-likeness (QED) is 0.403. The number of morpholine rings is 1. The summed E-state index contributed by atoms with van der Waals surface area (Å²) >= 11 is 0. The van der Waals surface area contributed by atoms with Crippen molar-refractivity contribution in [2.75, 3.05) is 55.8 Å². The fourth-order valence-electron chi connectivity index (χ4n) is 4.51. The van der Waals surface area contributed by atoms with Crippen LogP contribution >= 0.6 is 0 Å². The van der Waals surface area contributed by atoms with E-state index in [4.69, 9.17) is 19.2 Å². The van der Waals surface area contributed by atoms with Crippen LogP contribution in [0.1, 0.15) is 33.6 Å². The maximum atomic E-state index is 12.2. The van der Waals surface area contributed by atoms with Crippen LogP contribution in [0.15, 0.2) is 6.33 Å². The molecule has 2 aromatic rings. The number of imidazole rings is 1. The number of alkyl carbamates (subject to hydrolysis) is 1. The van der Waals surface area contributed by atoms with Gasteiger partial charge in [0.05, 0.1) is 13.2 Å². The van der Waals surface area contributed by atoms with Crippen molar-refractivity contribution in [1.82, 2.24) is 24.8 Å². The van der Waals surface area contributed by atoms with Crippen molar-refractivity contribution in [3.05, 3.63) is 6.33 Å². The zero-order chi connectivity index (χ0) is 26.6. The van der Waals surface area contributed by atoms with Gasteiger partial charge in [-0.1, -0.05) is 19.6 Å². The summed E-state index contributed by atoms with van der Waals surface area (Å²) in [7, 11) is -1.20. The maximum absolute atomic E-state index is 12.2. The summed E-state index contributed by atoms with van der Waals surface area (Å²) in [5.41, 5.74) is 1.07. The molecule has 2 aliphatic heterocycles. The third kappa shape index (κ3) is 7.54. The van der Waals surface area contributed by atoms with Gasteiger partial charge >= 0.3 is 6.09 Å². The number of ether oxygens (including phenoxy) is 3. The minimum Gasteiger partial charge on any atom is -0.444 e. The van der Waals surface area contributed by atoms with Crippen molar-refractivity contribution in [2.45, 2.75) is 77.7 Å². The molecule has 0 unspecified atom stereocenters. The lowest BCUT2D eigenvalue weighted by molar-refractivity contribution is 0.0497.